The molecule has 0 saturated heterocycles. The van der Waals surface area contributed by atoms with E-state index in [1.165, 1.54) is 22.6 Å². The molecule has 3 heterocycles. The second kappa shape index (κ2) is 6.78. The summed E-state index contributed by atoms with van der Waals surface area (Å²) in [6, 6.07) is 12.1. The van der Waals surface area contributed by atoms with Gasteiger partial charge in [-0.15, -0.1) is 11.3 Å². The summed E-state index contributed by atoms with van der Waals surface area (Å²) in [4.78, 5) is 26.0. The van der Waals surface area contributed by atoms with Crippen molar-refractivity contribution in [3.8, 4) is 16.2 Å². The van der Waals surface area contributed by atoms with Crippen molar-refractivity contribution in [1.82, 2.24) is 14.9 Å². The first-order chi connectivity index (χ1) is 13.3. The van der Waals surface area contributed by atoms with Gasteiger partial charge in [-0.05, 0) is 60.7 Å². The lowest BCUT2D eigenvalue weighted by Crippen LogP contribution is -2.32. The van der Waals surface area contributed by atoms with Crippen LogP contribution in [0.15, 0.2) is 48.8 Å². The Hall–Kier alpha value is -2.73. The number of hydrogen-bond acceptors (Lipinski definition) is 5. The third-order valence-electron chi connectivity index (χ3n) is 4.96. The topological polar surface area (TPSA) is 55.3 Å². The van der Waals surface area contributed by atoms with Gasteiger partial charge in [0, 0.05) is 22.1 Å². The predicted molar refractivity (Wildman–Crippen MR) is 104 cm³/mol. The molecule has 5 rings (SSSR count). The highest BCUT2D eigenvalue weighted by atomic mass is 32.1. The molecule has 0 N–H and O–H groups in total. The van der Waals surface area contributed by atoms with Crippen molar-refractivity contribution < 1.29 is 9.53 Å². The smallest absolute Gasteiger partial charge is 0.258 e. The Kier molecular flexibility index (Phi) is 4.13. The van der Waals surface area contributed by atoms with E-state index in [2.05, 4.69) is 22.1 Å². The summed E-state index contributed by atoms with van der Waals surface area (Å²) in [6.45, 7) is 1.37. The summed E-state index contributed by atoms with van der Waals surface area (Å²) in [7, 11) is 0. The van der Waals surface area contributed by atoms with Crippen LogP contribution in [-0.2, 0) is 6.54 Å². The molecule has 1 aromatic carbocycles. The van der Waals surface area contributed by atoms with E-state index in [-0.39, 0.29) is 5.91 Å². The lowest BCUT2D eigenvalue weighted by atomic mass is 10.1. The minimum absolute atomic E-state index is 0.0317. The maximum absolute atomic E-state index is 13.1. The van der Waals surface area contributed by atoms with Gasteiger partial charge in [0.2, 0.25) is 0 Å². The zero-order chi connectivity index (χ0) is 18.2. The second-order valence-electron chi connectivity index (χ2n) is 6.93. The summed E-state index contributed by atoms with van der Waals surface area (Å²) in [5, 5.41) is 0. The number of benzene rings is 1. The Morgan fingerprint density at radius 2 is 2.00 bits per heavy atom. The number of fused-ring (bicyclic) bond motifs is 1. The van der Waals surface area contributed by atoms with Gasteiger partial charge in [0.05, 0.1) is 18.7 Å². The summed E-state index contributed by atoms with van der Waals surface area (Å²) >= 11 is 1.83. The largest absolute Gasteiger partial charge is 0.491 e. The van der Waals surface area contributed by atoms with Crippen LogP contribution in [-0.4, -0.2) is 33.9 Å². The highest BCUT2D eigenvalue weighted by Crippen LogP contribution is 2.45. The van der Waals surface area contributed by atoms with Gasteiger partial charge in [-0.25, -0.2) is 9.97 Å². The van der Waals surface area contributed by atoms with Gasteiger partial charge in [-0.2, -0.15) is 0 Å². The van der Waals surface area contributed by atoms with E-state index in [9.17, 15) is 4.79 Å². The fourth-order valence-electron chi connectivity index (χ4n) is 3.34. The fraction of sp³-hybridized carbons (Fsp3) is 0.286. The van der Waals surface area contributed by atoms with E-state index in [4.69, 9.17) is 4.74 Å². The molecule has 1 fully saturated rings. The molecule has 2 aromatic heterocycles. The number of amides is 1. The average molecular weight is 377 g/mol. The molecule has 6 heteroatoms. The number of thiophene rings is 1. The zero-order valence-corrected chi connectivity index (χ0v) is 15.6. The van der Waals surface area contributed by atoms with Crippen LogP contribution in [0, 0.1) is 0 Å². The minimum Gasteiger partial charge on any atom is -0.491 e. The van der Waals surface area contributed by atoms with E-state index in [1.54, 1.807) is 23.4 Å². The van der Waals surface area contributed by atoms with Gasteiger partial charge in [-0.3, -0.25) is 4.79 Å². The van der Waals surface area contributed by atoms with Crippen LogP contribution in [0.25, 0.3) is 10.4 Å². The Bertz CT molecular complexity index is 982. The standard InChI is InChI=1S/C21H19N3O2S/c25-21-16-12-15(19-7-6-18(27-19)14-2-3-14)4-5-17(16)26-11-10-24(21)13-20-22-8-1-9-23-20/h1,4-9,12,14H,2-3,10-11,13H2. The maximum atomic E-state index is 13.1. The summed E-state index contributed by atoms with van der Waals surface area (Å²) in [5.41, 5.74) is 1.68. The number of carbonyl (C=O) groups is 1. The van der Waals surface area contributed by atoms with Crippen molar-refractivity contribution in [2.45, 2.75) is 25.3 Å². The van der Waals surface area contributed by atoms with Gasteiger partial charge in [0.1, 0.15) is 18.2 Å². The monoisotopic (exact) mass is 377 g/mol. The molecule has 27 heavy (non-hydrogen) atoms. The quantitative estimate of drug-likeness (QED) is 0.686. The number of nitrogens with zero attached hydrogens (tertiary/aromatic N) is 3. The Morgan fingerprint density at radius 1 is 1.15 bits per heavy atom. The Balaban J connectivity index is 1.45. The van der Waals surface area contributed by atoms with Crippen LogP contribution in [0.3, 0.4) is 0 Å². The highest BCUT2D eigenvalue weighted by Gasteiger charge is 2.27. The van der Waals surface area contributed by atoms with Crippen LogP contribution in [0.4, 0.5) is 0 Å². The number of carbonyl (C=O) groups excluding carboxylic acids is 1. The lowest BCUT2D eigenvalue weighted by Gasteiger charge is -2.18. The maximum Gasteiger partial charge on any atom is 0.258 e. The second-order valence-corrected chi connectivity index (χ2v) is 8.04. The first-order valence-electron chi connectivity index (χ1n) is 9.20. The minimum atomic E-state index is -0.0317. The van der Waals surface area contributed by atoms with Gasteiger partial charge < -0.3 is 9.64 Å². The van der Waals surface area contributed by atoms with Gasteiger partial charge in [0.15, 0.2) is 0 Å². The fourth-order valence-corrected chi connectivity index (χ4v) is 4.52. The first kappa shape index (κ1) is 16.4. The van der Waals surface area contributed by atoms with Gasteiger partial charge in [-0.1, -0.05) is 0 Å². The van der Waals surface area contributed by atoms with Crippen LogP contribution in [0.1, 0.15) is 39.8 Å². The highest BCUT2D eigenvalue weighted by molar-refractivity contribution is 7.15. The molecule has 2 aliphatic rings. The van der Waals surface area contributed by atoms with Crippen LogP contribution in [0.5, 0.6) is 5.75 Å². The van der Waals surface area contributed by atoms with Gasteiger partial charge >= 0.3 is 0 Å². The molecule has 1 saturated carbocycles. The molecule has 0 unspecified atom stereocenters. The molecule has 0 atom stereocenters. The first-order valence-corrected chi connectivity index (χ1v) is 10.0. The Morgan fingerprint density at radius 3 is 2.81 bits per heavy atom. The van der Waals surface area contributed by atoms with Crippen LogP contribution < -0.4 is 4.74 Å². The van der Waals surface area contributed by atoms with E-state index >= 15 is 0 Å². The van der Waals surface area contributed by atoms with Crippen molar-refractivity contribution in [2.24, 2.45) is 0 Å². The van der Waals surface area contributed by atoms with Crippen LogP contribution in [0.2, 0.25) is 0 Å². The number of hydrogen-bond donors (Lipinski definition) is 0. The van der Waals surface area contributed by atoms with Crippen molar-refractivity contribution in [3.05, 3.63) is 65.1 Å². The predicted octanol–water partition coefficient (Wildman–Crippen LogP) is 4.12. The normalized spacial score (nSPS) is 16.6. The molecule has 0 radical (unpaired) electrons. The molecule has 1 aliphatic carbocycles. The lowest BCUT2D eigenvalue weighted by molar-refractivity contribution is 0.0738. The zero-order valence-electron chi connectivity index (χ0n) is 14.8. The van der Waals surface area contributed by atoms with E-state index in [0.717, 1.165) is 11.5 Å². The SMILES string of the molecule is O=C1c2cc(-c3ccc(C4CC4)s3)ccc2OCCN1Cc1ncccn1. The van der Waals surface area contributed by atoms with Crippen molar-refractivity contribution in [1.29, 1.82) is 0 Å². The van der Waals surface area contributed by atoms with Gasteiger partial charge in [0.25, 0.3) is 5.91 Å². The molecule has 5 nitrogen and oxygen atoms in total. The number of rotatable bonds is 4. The average Bonchev–Trinajstić information content (AvgIpc) is 3.46. The molecule has 3 aromatic rings. The van der Waals surface area contributed by atoms with Crippen molar-refractivity contribution in [2.75, 3.05) is 13.2 Å². The van der Waals surface area contributed by atoms with E-state index < -0.39 is 0 Å². The molecular formula is C21H19N3O2S. The van der Waals surface area contributed by atoms with E-state index in [0.29, 0.717) is 36.8 Å². The number of aromatic nitrogens is 2. The van der Waals surface area contributed by atoms with Crippen LogP contribution >= 0.6 is 11.3 Å². The molecular weight excluding hydrogens is 358 g/mol. The van der Waals surface area contributed by atoms with Crippen molar-refractivity contribution >= 4 is 17.2 Å². The van der Waals surface area contributed by atoms with E-state index in [1.807, 2.05) is 29.5 Å². The third kappa shape index (κ3) is 3.32. The third-order valence-corrected chi connectivity index (χ3v) is 6.26. The number of ether oxygens (including phenoxy) is 1. The summed E-state index contributed by atoms with van der Waals surface area (Å²) in [6.07, 6.45) is 5.99. The van der Waals surface area contributed by atoms with Crippen molar-refractivity contribution in [3.63, 3.8) is 0 Å². The summed E-state index contributed by atoms with van der Waals surface area (Å²) < 4.78 is 5.83. The molecule has 0 spiro atoms. The Labute approximate surface area is 161 Å². The molecule has 1 aliphatic heterocycles. The molecule has 136 valence electrons. The molecule has 1 amide bonds. The summed E-state index contributed by atoms with van der Waals surface area (Å²) in [5.74, 6) is 2.00. The molecule has 0 bridgehead atoms.